The second kappa shape index (κ2) is 4.41. The fraction of sp³-hybridized carbons (Fsp3) is 0.500. The van der Waals surface area contributed by atoms with Crippen molar-refractivity contribution in [2.24, 2.45) is 7.05 Å². The van der Waals surface area contributed by atoms with E-state index in [2.05, 4.69) is 25.8 Å². The van der Waals surface area contributed by atoms with E-state index in [1.807, 2.05) is 13.2 Å². The van der Waals surface area contributed by atoms with E-state index in [4.69, 9.17) is 0 Å². The molecule has 0 bridgehead atoms. The number of esters is 1. The van der Waals surface area contributed by atoms with Gasteiger partial charge in [-0.05, 0) is 15.9 Å². The van der Waals surface area contributed by atoms with Gasteiger partial charge in [0, 0.05) is 19.7 Å². The van der Waals surface area contributed by atoms with Crippen LogP contribution < -0.4 is 0 Å². The molecule has 0 aromatic carbocycles. The molecule has 0 amide bonds. The summed E-state index contributed by atoms with van der Waals surface area (Å²) in [5, 5.41) is 4.18. The quantitative estimate of drug-likeness (QED) is 0.756. The van der Waals surface area contributed by atoms with Crippen LogP contribution in [0.2, 0.25) is 0 Å². The van der Waals surface area contributed by atoms with Crippen molar-refractivity contribution in [2.75, 3.05) is 7.11 Å². The molecule has 1 aromatic heterocycles. The number of carbonyl (C=O) groups is 1. The van der Waals surface area contributed by atoms with Gasteiger partial charge < -0.3 is 4.74 Å². The van der Waals surface area contributed by atoms with Gasteiger partial charge in [-0.2, -0.15) is 5.10 Å². The maximum absolute atomic E-state index is 10.8. The molecule has 0 radical (unpaired) electrons. The molecule has 0 aliphatic rings. The van der Waals surface area contributed by atoms with Gasteiger partial charge in [0.05, 0.1) is 23.7 Å². The fourth-order valence-electron chi connectivity index (χ4n) is 0.998. The Bertz CT molecular complexity index is 309. The van der Waals surface area contributed by atoms with Gasteiger partial charge >= 0.3 is 5.97 Å². The number of rotatable bonds is 3. The van der Waals surface area contributed by atoms with Crippen molar-refractivity contribution in [3.05, 3.63) is 16.4 Å². The normalized spacial score (nSPS) is 10.1. The van der Waals surface area contributed by atoms with E-state index in [0.717, 1.165) is 10.2 Å². The van der Waals surface area contributed by atoms with Crippen molar-refractivity contribution < 1.29 is 9.53 Å². The standard InChI is InChI=1S/C8H11BrN2O2/c1-11-5-6(9)7(10-11)3-4-8(12)13-2/h5H,3-4H2,1-2H3. The molecule has 0 N–H and O–H groups in total. The van der Waals surface area contributed by atoms with Gasteiger partial charge in [0.25, 0.3) is 0 Å². The highest BCUT2D eigenvalue weighted by Gasteiger charge is 2.07. The molecular weight excluding hydrogens is 236 g/mol. The van der Waals surface area contributed by atoms with Crippen LogP contribution in [0.15, 0.2) is 10.7 Å². The number of halogens is 1. The summed E-state index contributed by atoms with van der Waals surface area (Å²) >= 11 is 3.35. The van der Waals surface area contributed by atoms with Crippen molar-refractivity contribution >= 4 is 21.9 Å². The third-order valence-corrected chi connectivity index (χ3v) is 2.31. The van der Waals surface area contributed by atoms with Crippen molar-refractivity contribution in [3.8, 4) is 0 Å². The number of ether oxygens (including phenoxy) is 1. The monoisotopic (exact) mass is 246 g/mol. The highest BCUT2D eigenvalue weighted by atomic mass is 79.9. The van der Waals surface area contributed by atoms with Gasteiger partial charge in [0.1, 0.15) is 0 Å². The molecule has 13 heavy (non-hydrogen) atoms. The third-order valence-electron chi connectivity index (χ3n) is 1.65. The molecule has 1 rings (SSSR count). The summed E-state index contributed by atoms with van der Waals surface area (Å²) < 4.78 is 7.16. The van der Waals surface area contributed by atoms with Gasteiger partial charge in [0.15, 0.2) is 0 Å². The van der Waals surface area contributed by atoms with Crippen molar-refractivity contribution in [3.63, 3.8) is 0 Å². The molecule has 0 fully saturated rings. The zero-order valence-corrected chi connectivity index (χ0v) is 9.17. The summed E-state index contributed by atoms with van der Waals surface area (Å²) in [5.74, 6) is -0.211. The summed E-state index contributed by atoms with van der Waals surface area (Å²) in [7, 11) is 3.22. The van der Waals surface area contributed by atoms with Gasteiger partial charge in [-0.25, -0.2) is 0 Å². The van der Waals surface area contributed by atoms with Crippen molar-refractivity contribution in [1.29, 1.82) is 0 Å². The van der Waals surface area contributed by atoms with Crippen LogP contribution >= 0.6 is 15.9 Å². The van der Waals surface area contributed by atoms with Gasteiger partial charge in [-0.15, -0.1) is 0 Å². The fourth-order valence-corrected chi connectivity index (χ4v) is 1.57. The molecule has 1 heterocycles. The molecule has 1 aromatic rings. The lowest BCUT2D eigenvalue weighted by Crippen LogP contribution is -2.02. The molecule has 0 aliphatic carbocycles. The van der Waals surface area contributed by atoms with Crippen LogP contribution in [0, 0.1) is 0 Å². The van der Waals surface area contributed by atoms with E-state index in [9.17, 15) is 4.79 Å². The number of hydrogen-bond donors (Lipinski definition) is 0. The first-order valence-corrected chi connectivity index (χ1v) is 4.67. The number of carbonyl (C=O) groups excluding carboxylic acids is 1. The van der Waals surface area contributed by atoms with Crippen LogP contribution in [0.5, 0.6) is 0 Å². The molecule has 0 saturated carbocycles. The van der Waals surface area contributed by atoms with Crippen LogP contribution in [0.4, 0.5) is 0 Å². The van der Waals surface area contributed by atoms with E-state index in [0.29, 0.717) is 12.8 Å². The van der Waals surface area contributed by atoms with Crippen LogP contribution in [-0.2, 0) is 23.0 Å². The smallest absolute Gasteiger partial charge is 0.305 e. The summed E-state index contributed by atoms with van der Waals surface area (Å²) in [4.78, 5) is 10.8. The Kier molecular flexibility index (Phi) is 3.48. The predicted molar refractivity (Wildman–Crippen MR) is 51.2 cm³/mol. The Morgan fingerprint density at radius 2 is 2.46 bits per heavy atom. The van der Waals surface area contributed by atoms with Crippen LogP contribution in [0.1, 0.15) is 12.1 Å². The van der Waals surface area contributed by atoms with E-state index in [1.165, 1.54) is 7.11 Å². The Hall–Kier alpha value is -0.840. The molecule has 0 aliphatic heterocycles. The summed E-state index contributed by atoms with van der Waals surface area (Å²) in [6.45, 7) is 0. The van der Waals surface area contributed by atoms with Crippen LogP contribution in [-0.4, -0.2) is 22.9 Å². The molecule has 0 atom stereocenters. The first-order chi connectivity index (χ1) is 6.13. The lowest BCUT2D eigenvalue weighted by atomic mass is 10.2. The number of hydrogen-bond acceptors (Lipinski definition) is 3. The van der Waals surface area contributed by atoms with Gasteiger partial charge in [0.2, 0.25) is 0 Å². The topological polar surface area (TPSA) is 44.1 Å². The third kappa shape index (κ3) is 2.84. The Morgan fingerprint density at radius 1 is 1.77 bits per heavy atom. The first kappa shape index (κ1) is 10.2. The highest BCUT2D eigenvalue weighted by molar-refractivity contribution is 9.10. The second-order valence-corrected chi connectivity index (χ2v) is 3.53. The lowest BCUT2D eigenvalue weighted by molar-refractivity contribution is -0.140. The lowest BCUT2D eigenvalue weighted by Gasteiger charge is -1.96. The average Bonchev–Trinajstić information content (AvgIpc) is 2.41. The molecule has 4 nitrogen and oxygen atoms in total. The number of aromatic nitrogens is 2. The number of aryl methyl sites for hydroxylation is 2. The maximum atomic E-state index is 10.8. The second-order valence-electron chi connectivity index (χ2n) is 2.67. The minimum Gasteiger partial charge on any atom is -0.469 e. The largest absolute Gasteiger partial charge is 0.469 e. The Morgan fingerprint density at radius 3 is 2.92 bits per heavy atom. The Labute approximate surface area is 85.0 Å². The number of nitrogens with zero attached hydrogens (tertiary/aromatic N) is 2. The summed E-state index contributed by atoms with van der Waals surface area (Å²) in [5.41, 5.74) is 0.882. The zero-order chi connectivity index (χ0) is 9.84. The molecule has 5 heteroatoms. The molecule has 0 unspecified atom stereocenters. The van der Waals surface area contributed by atoms with E-state index < -0.39 is 0 Å². The van der Waals surface area contributed by atoms with Crippen molar-refractivity contribution in [2.45, 2.75) is 12.8 Å². The zero-order valence-electron chi connectivity index (χ0n) is 7.58. The predicted octanol–water partition coefficient (Wildman–Crippen LogP) is 1.29. The van der Waals surface area contributed by atoms with Crippen molar-refractivity contribution in [1.82, 2.24) is 9.78 Å². The molecule has 0 spiro atoms. The minimum absolute atomic E-state index is 0.211. The van der Waals surface area contributed by atoms with E-state index in [-0.39, 0.29) is 5.97 Å². The Balaban J connectivity index is 2.54. The highest BCUT2D eigenvalue weighted by Crippen LogP contribution is 2.15. The maximum Gasteiger partial charge on any atom is 0.305 e. The van der Waals surface area contributed by atoms with Crippen LogP contribution in [0.25, 0.3) is 0 Å². The van der Waals surface area contributed by atoms with Crippen LogP contribution in [0.3, 0.4) is 0 Å². The minimum atomic E-state index is -0.211. The first-order valence-electron chi connectivity index (χ1n) is 3.88. The SMILES string of the molecule is COC(=O)CCc1nn(C)cc1Br. The molecule has 0 saturated heterocycles. The summed E-state index contributed by atoms with van der Waals surface area (Å²) in [6, 6.07) is 0. The van der Waals surface area contributed by atoms with Gasteiger partial charge in [-0.3, -0.25) is 9.48 Å². The van der Waals surface area contributed by atoms with Gasteiger partial charge in [-0.1, -0.05) is 0 Å². The van der Waals surface area contributed by atoms with E-state index in [1.54, 1.807) is 4.68 Å². The molecule has 72 valence electrons. The molecular formula is C8H11BrN2O2. The number of methoxy groups -OCH3 is 1. The summed E-state index contributed by atoms with van der Waals surface area (Å²) in [6.07, 6.45) is 2.83. The van der Waals surface area contributed by atoms with E-state index >= 15 is 0 Å². The average molecular weight is 247 g/mol.